The molecule has 1 fully saturated rings. The first-order valence-corrected chi connectivity index (χ1v) is 8.54. The van der Waals surface area contributed by atoms with Gasteiger partial charge in [-0.05, 0) is 50.4 Å². The van der Waals surface area contributed by atoms with Gasteiger partial charge < -0.3 is 19.3 Å². The van der Waals surface area contributed by atoms with Gasteiger partial charge in [-0.15, -0.1) is 0 Å². The van der Waals surface area contributed by atoms with Gasteiger partial charge in [-0.2, -0.15) is 0 Å². The maximum Gasteiger partial charge on any atom is 0.162 e. The molecule has 0 aliphatic carbocycles. The predicted octanol–water partition coefficient (Wildman–Crippen LogP) is 2.94. The fourth-order valence-corrected chi connectivity index (χ4v) is 3.66. The zero-order chi connectivity index (χ0) is 15.4. The maximum atomic E-state index is 5.48. The largest absolute Gasteiger partial charge is 0.493 e. The van der Waals surface area contributed by atoms with Crippen molar-refractivity contribution in [3.8, 4) is 11.5 Å². The second kappa shape index (κ2) is 7.23. The Kier molecular flexibility index (Phi) is 5.08. The topological polar surface area (TPSA) is 24.9 Å². The summed E-state index contributed by atoms with van der Waals surface area (Å²) in [7, 11) is 3.42. The van der Waals surface area contributed by atoms with Crippen molar-refractivity contribution in [2.45, 2.75) is 32.1 Å². The Morgan fingerprint density at radius 3 is 2.32 bits per heavy atom. The summed E-state index contributed by atoms with van der Waals surface area (Å²) in [6.45, 7) is 5.98. The molecule has 122 valence electrons. The molecule has 2 aliphatic heterocycles. The zero-order valence-electron chi connectivity index (χ0n) is 13.9. The molecule has 4 nitrogen and oxygen atoms in total. The van der Waals surface area contributed by atoms with Crippen molar-refractivity contribution in [1.29, 1.82) is 0 Å². The van der Waals surface area contributed by atoms with Crippen LogP contribution < -0.4 is 14.4 Å². The molecule has 1 aromatic rings. The minimum atomic E-state index is 0.839. The van der Waals surface area contributed by atoms with Crippen LogP contribution in [0.2, 0.25) is 0 Å². The maximum absolute atomic E-state index is 5.48. The second-order valence-electron chi connectivity index (χ2n) is 6.33. The number of nitrogens with zero attached hydrogens (tertiary/aromatic N) is 2. The van der Waals surface area contributed by atoms with Crippen LogP contribution in [-0.2, 0) is 6.42 Å². The van der Waals surface area contributed by atoms with E-state index in [0.717, 1.165) is 31.0 Å². The van der Waals surface area contributed by atoms with Gasteiger partial charge in [0.1, 0.15) is 0 Å². The highest BCUT2D eigenvalue weighted by molar-refractivity contribution is 5.63. The number of benzene rings is 1. The highest BCUT2D eigenvalue weighted by Gasteiger charge is 2.21. The fourth-order valence-electron chi connectivity index (χ4n) is 3.66. The molecular weight excluding hydrogens is 276 g/mol. The van der Waals surface area contributed by atoms with E-state index in [-0.39, 0.29) is 0 Å². The molecule has 1 saturated heterocycles. The molecule has 0 atom stereocenters. The average Bonchev–Trinajstić information content (AvgIpc) is 2.59. The van der Waals surface area contributed by atoms with Crippen LogP contribution in [0.1, 0.15) is 31.2 Å². The predicted molar refractivity (Wildman–Crippen MR) is 90.4 cm³/mol. The molecule has 2 heterocycles. The summed E-state index contributed by atoms with van der Waals surface area (Å²) in [4.78, 5) is 5.13. The van der Waals surface area contributed by atoms with Crippen molar-refractivity contribution in [3.05, 3.63) is 17.7 Å². The van der Waals surface area contributed by atoms with E-state index < -0.39 is 0 Å². The van der Waals surface area contributed by atoms with Crippen LogP contribution >= 0.6 is 0 Å². The van der Waals surface area contributed by atoms with Crippen LogP contribution in [0.3, 0.4) is 0 Å². The molecule has 2 aliphatic rings. The number of hydrogen-bond acceptors (Lipinski definition) is 4. The first-order chi connectivity index (χ1) is 10.8. The standard InChI is InChI=1S/C18H28N2O2/c1-21-17-13-15-7-6-10-20(16(15)14-18(17)22-2)12-11-19-8-4-3-5-9-19/h13-14H,3-12H2,1-2H3. The number of hydrogen-bond donors (Lipinski definition) is 0. The first kappa shape index (κ1) is 15.5. The Bertz CT molecular complexity index is 498. The molecule has 0 bridgehead atoms. The van der Waals surface area contributed by atoms with Gasteiger partial charge in [0.15, 0.2) is 11.5 Å². The molecule has 1 aromatic carbocycles. The van der Waals surface area contributed by atoms with Crippen LogP contribution in [0, 0.1) is 0 Å². The van der Waals surface area contributed by atoms with E-state index in [1.165, 1.54) is 56.6 Å². The van der Waals surface area contributed by atoms with Gasteiger partial charge in [-0.3, -0.25) is 0 Å². The van der Waals surface area contributed by atoms with Gasteiger partial charge in [-0.1, -0.05) is 6.42 Å². The molecular formula is C18H28N2O2. The van der Waals surface area contributed by atoms with Gasteiger partial charge in [0.05, 0.1) is 14.2 Å². The van der Waals surface area contributed by atoms with Crippen LogP contribution in [0.5, 0.6) is 11.5 Å². The monoisotopic (exact) mass is 304 g/mol. The lowest BCUT2D eigenvalue weighted by molar-refractivity contribution is 0.233. The third kappa shape index (κ3) is 3.32. The van der Waals surface area contributed by atoms with Gasteiger partial charge in [0.2, 0.25) is 0 Å². The number of rotatable bonds is 5. The lowest BCUT2D eigenvalue weighted by Gasteiger charge is -2.35. The van der Waals surface area contributed by atoms with Crippen molar-refractivity contribution in [1.82, 2.24) is 4.90 Å². The highest BCUT2D eigenvalue weighted by Crippen LogP contribution is 2.37. The number of ether oxygens (including phenoxy) is 2. The minimum Gasteiger partial charge on any atom is -0.493 e. The fraction of sp³-hybridized carbons (Fsp3) is 0.667. The van der Waals surface area contributed by atoms with E-state index in [4.69, 9.17) is 9.47 Å². The van der Waals surface area contributed by atoms with E-state index in [1.807, 2.05) is 0 Å². The summed E-state index contributed by atoms with van der Waals surface area (Å²) >= 11 is 0. The van der Waals surface area contributed by atoms with Crippen molar-refractivity contribution >= 4 is 5.69 Å². The molecule has 0 amide bonds. The number of piperidine rings is 1. The van der Waals surface area contributed by atoms with Crippen LogP contribution in [-0.4, -0.2) is 51.8 Å². The van der Waals surface area contributed by atoms with Crippen LogP contribution in [0.25, 0.3) is 0 Å². The lowest BCUT2D eigenvalue weighted by atomic mass is 10.0. The third-order valence-electron chi connectivity index (χ3n) is 4.93. The van der Waals surface area contributed by atoms with E-state index in [0.29, 0.717) is 0 Å². The molecule has 4 heteroatoms. The summed E-state index contributed by atoms with van der Waals surface area (Å²) in [5.41, 5.74) is 2.73. The van der Waals surface area contributed by atoms with E-state index in [2.05, 4.69) is 21.9 Å². The summed E-state index contributed by atoms with van der Waals surface area (Å²) in [6, 6.07) is 4.31. The van der Waals surface area contributed by atoms with E-state index >= 15 is 0 Å². The number of methoxy groups -OCH3 is 2. The normalized spacial score (nSPS) is 18.9. The molecule has 0 unspecified atom stereocenters. The summed E-state index contributed by atoms with van der Waals surface area (Å²) in [6.07, 6.45) is 6.49. The molecule has 0 radical (unpaired) electrons. The number of aryl methyl sites for hydroxylation is 1. The molecule has 0 aromatic heterocycles. The van der Waals surface area contributed by atoms with Gasteiger partial charge >= 0.3 is 0 Å². The summed E-state index contributed by atoms with van der Waals surface area (Å²) in [5.74, 6) is 1.69. The molecule has 0 N–H and O–H groups in total. The summed E-state index contributed by atoms with van der Waals surface area (Å²) in [5, 5.41) is 0. The average molecular weight is 304 g/mol. The van der Waals surface area contributed by atoms with Crippen LogP contribution in [0.15, 0.2) is 12.1 Å². The van der Waals surface area contributed by atoms with Crippen molar-refractivity contribution in [2.75, 3.05) is 51.8 Å². The van der Waals surface area contributed by atoms with E-state index in [9.17, 15) is 0 Å². The Labute approximate surface area is 134 Å². The van der Waals surface area contributed by atoms with Crippen LogP contribution in [0.4, 0.5) is 5.69 Å². The second-order valence-corrected chi connectivity index (χ2v) is 6.33. The lowest BCUT2D eigenvalue weighted by Crippen LogP contribution is -2.39. The van der Waals surface area contributed by atoms with Gasteiger partial charge in [-0.25, -0.2) is 0 Å². The van der Waals surface area contributed by atoms with Crippen molar-refractivity contribution in [3.63, 3.8) is 0 Å². The number of fused-ring (bicyclic) bond motifs is 1. The molecule has 0 saturated carbocycles. The molecule has 22 heavy (non-hydrogen) atoms. The molecule has 3 rings (SSSR count). The third-order valence-corrected chi connectivity index (χ3v) is 4.93. The highest BCUT2D eigenvalue weighted by atomic mass is 16.5. The Morgan fingerprint density at radius 1 is 0.864 bits per heavy atom. The quantitative estimate of drug-likeness (QED) is 0.835. The van der Waals surface area contributed by atoms with Crippen molar-refractivity contribution in [2.24, 2.45) is 0 Å². The SMILES string of the molecule is COc1cc2c(cc1OC)N(CCN1CCCCC1)CCC2. The smallest absolute Gasteiger partial charge is 0.162 e. The Balaban J connectivity index is 1.72. The van der Waals surface area contributed by atoms with Gasteiger partial charge in [0, 0.05) is 31.4 Å². The first-order valence-electron chi connectivity index (χ1n) is 8.54. The Morgan fingerprint density at radius 2 is 1.59 bits per heavy atom. The molecule has 0 spiro atoms. The summed E-state index contributed by atoms with van der Waals surface area (Å²) < 4.78 is 10.9. The Hall–Kier alpha value is -1.42. The zero-order valence-corrected chi connectivity index (χ0v) is 13.9. The minimum absolute atomic E-state index is 0.839. The number of likely N-dealkylation sites (tertiary alicyclic amines) is 1. The van der Waals surface area contributed by atoms with Gasteiger partial charge in [0.25, 0.3) is 0 Å². The van der Waals surface area contributed by atoms with Crippen molar-refractivity contribution < 1.29 is 9.47 Å². The van der Waals surface area contributed by atoms with E-state index in [1.54, 1.807) is 14.2 Å². The number of anilines is 1.